The van der Waals surface area contributed by atoms with E-state index in [-0.39, 0.29) is 12.1 Å². The lowest BCUT2D eigenvalue weighted by Gasteiger charge is -2.13. The maximum Gasteiger partial charge on any atom is 0.305 e. The van der Waals surface area contributed by atoms with E-state index in [1.807, 2.05) is 24.3 Å². The van der Waals surface area contributed by atoms with Gasteiger partial charge in [0.05, 0.1) is 52.4 Å². The molecule has 1 aromatic carbocycles. The highest BCUT2D eigenvalue weighted by Crippen LogP contribution is 2.25. The molecule has 0 saturated heterocycles. The lowest BCUT2D eigenvalue weighted by Crippen LogP contribution is -2.15. The first-order valence-electron chi connectivity index (χ1n) is 24.4. The summed E-state index contributed by atoms with van der Waals surface area (Å²) >= 11 is 0. The van der Waals surface area contributed by atoms with Crippen molar-refractivity contribution in [1.82, 2.24) is 0 Å². The van der Waals surface area contributed by atoms with Gasteiger partial charge in [0.15, 0.2) is 0 Å². The Bertz CT molecular complexity index is 1070. The molecule has 0 radical (unpaired) electrons. The molecule has 0 saturated carbocycles. The fourth-order valence-corrected chi connectivity index (χ4v) is 6.88. The Hall–Kier alpha value is -2.21. The average Bonchev–Trinajstić information content (AvgIpc) is 3.26. The highest BCUT2D eigenvalue weighted by Gasteiger charge is 2.09. The molecule has 0 amide bonds. The standard InChI is InChI=1S/C50H90O10/c1-4-7-9-25-32-53-37-39-55-36-31-47(60-52)29-23-19-15-11-13-17-21-27-34-57-48-43-46(6-3)44-49(45-48)58-35-28-22-18-14-12-16-20-24-30-50(51)59-42-41-56-40-38-54-33-26-10-8-5-2/h6,43-45,47,52H,3-5,7-42H2,1-2H3. The Kier molecular flexibility index (Phi) is 41.7. The van der Waals surface area contributed by atoms with Crippen LogP contribution in [0.4, 0.5) is 0 Å². The van der Waals surface area contributed by atoms with Crippen LogP contribution in [0.3, 0.4) is 0 Å². The second-order valence-corrected chi connectivity index (χ2v) is 16.1. The van der Waals surface area contributed by atoms with Gasteiger partial charge in [0.2, 0.25) is 0 Å². The highest BCUT2D eigenvalue weighted by molar-refractivity contribution is 5.69. The van der Waals surface area contributed by atoms with E-state index in [0.29, 0.717) is 72.3 Å². The third-order valence-corrected chi connectivity index (χ3v) is 10.6. The lowest BCUT2D eigenvalue weighted by atomic mass is 10.0. The molecule has 1 unspecified atom stereocenters. The Morgan fingerprint density at radius 3 is 1.42 bits per heavy atom. The van der Waals surface area contributed by atoms with Crippen LogP contribution in [0.5, 0.6) is 11.5 Å². The number of carbonyl (C=O) groups excluding carboxylic acids is 1. The summed E-state index contributed by atoms with van der Waals surface area (Å²) in [4.78, 5) is 16.6. The summed E-state index contributed by atoms with van der Waals surface area (Å²) in [6, 6.07) is 6.05. The van der Waals surface area contributed by atoms with Crippen molar-refractivity contribution in [3.8, 4) is 11.5 Å². The van der Waals surface area contributed by atoms with E-state index in [1.165, 1.54) is 83.5 Å². The van der Waals surface area contributed by atoms with Gasteiger partial charge >= 0.3 is 5.97 Å². The molecule has 60 heavy (non-hydrogen) atoms. The number of rotatable bonds is 48. The molecule has 0 aromatic heterocycles. The van der Waals surface area contributed by atoms with Gasteiger partial charge in [-0.15, -0.1) is 0 Å². The zero-order valence-electron chi connectivity index (χ0n) is 38.6. The molecule has 0 aliphatic carbocycles. The molecule has 0 aliphatic rings. The van der Waals surface area contributed by atoms with Crippen molar-refractivity contribution in [2.24, 2.45) is 0 Å². The van der Waals surface area contributed by atoms with Crippen LogP contribution in [0, 0.1) is 0 Å². The summed E-state index contributed by atoms with van der Waals surface area (Å²) in [5.41, 5.74) is 1.01. The first-order chi connectivity index (χ1) is 29.6. The highest BCUT2D eigenvalue weighted by atomic mass is 17.1. The van der Waals surface area contributed by atoms with E-state index in [1.54, 1.807) is 0 Å². The third kappa shape index (κ3) is 37.5. The van der Waals surface area contributed by atoms with E-state index < -0.39 is 0 Å². The van der Waals surface area contributed by atoms with Crippen LogP contribution in [0.25, 0.3) is 6.08 Å². The minimum absolute atomic E-state index is 0.128. The Balaban J connectivity index is 1.96. The van der Waals surface area contributed by atoms with Crippen molar-refractivity contribution >= 4 is 12.0 Å². The first kappa shape index (κ1) is 55.8. The molecular formula is C50H90O10. The lowest BCUT2D eigenvalue weighted by molar-refractivity contribution is -0.282. The van der Waals surface area contributed by atoms with Crippen molar-refractivity contribution in [3.63, 3.8) is 0 Å². The Labute approximate surface area is 367 Å². The number of unbranched alkanes of at least 4 members (excludes halogenated alkanes) is 20. The van der Waals surface area contributed by atoms with Crippen LogP contribution < -0.4 is 9.47 Å². The second-order valence-electron chi connectivity index (χ2n) is 16.1. The van der Waals surface area contributed by atoms with Gasteiger partial charge in [-0.25, -0.2) is 4.89 Å². The predicted molar refractivity (Wildman–Crippen MR) is 245 cm³/mol. The summed E-state index contributed by atoms with van der Waals surface area (Å²) in [5.74, 6) is 1.55. The van der Waals surface area contributed by atoms with Crippen LogP contribution in [-0.4, -0.2) is 90.0 Å². The fourth-order valence-electron chi connectivity index (χ4n) is 6.88. The monoisotopic (exact) mass is 851 g/mol. The second kappa shape index (κ2) is 44.8. The Morgan fingerprint density at radius 1 is 0.500 bits per heavy atom. The normalized spacial score (nSPS) is 11.8. The maximum atomic E-state index is 12.0. The molecule has 0 fully saturated rings. The number of hydrogen-bond donors (Lipinski definition) is 1. The van der Waals surface area contributed by atoms with Crippen LogP contribution in [0.15, 0.2) is 24.8 Å². The van der Waals surface area contributed by atoms with Crippen LogP contribution in [0.2, 0.25) is 0 Å². The van der Waals surface area contributed by atoms with Gasteiger partial charge in [-0.05, 0) is 56.2 Å². The van der Waals surface area contributed by atoms with E-state index in [9.17, 15) is 10.1 Å². The molecule has 1 N–H and O–H groups in total. The van der Waals surface area contributed by atoms with Gasteiger partial charge in [-0.1, -0.05) is 148 Å². The van der Waals surface area contributed by atoms with Crippen molar-refractivity contribution in [2.45, 2.75) is 193 Å². The molecule has 1 rings (SSSR count). The molecule has 10 nitrogen and oxygen atoms in total. The number of hydrogen-bond acceptors (Lipinski definition) is 10. The van der Waals surface area contributed by atoms with Gasteiger partial charge in [0.1, 0.15) is 18.1 Å². The zero-order valence-corrected chi connectivity index (χ0v) is 38.6. The predicted octanol–water partition coefficient (Wildman–Crippen LogP) is 13.1. The minimum atomic E-state index is -0.150. The van der Waals surface area contributed by atoms with Gasteiger partial charge in [0.25, 0.3) is 0 Å². The summed E-state index contributed by atoms with van der Waals surface area (Å²) < 4.78 is 39.8. The van der Waals surface area contributed by atoms with Crippen LogP contribution in [-0.2, 0) is 33.4 Å². The topological polar surface area (TPSA) is 111 Å². The molecular weight excluding hydrogens is 761 g/mol. The van der Waals surface area contributed by atoms with Crippen LogP contribution >= 0.6 is 0 Å². The molecule has 0 spiro atoms. The molecule has 0 aliphatic heterocycles. The van der Waals surface area contributed by atoms with Gasteiger partial charge in [-0.3, -0.25) is 10.1 Å². The number of benzene rings is 1. The molecule has 0 bridgehead atoms. The molecule has 0 heterocycles. The Morgan fingerprint density at radius 2 is 0.917 bits per heavy atom. The summed E-state index contributed by atoms with van der Waals surface area (Å²) in [6.45, 7) is 15.1. The summed E-state index contributed by atoms with van der Waals surface area (Å²) in [7, 11) is 0. The van der Waals surface area contributed by atoms with Crippen molar-refractivity contribution in [3.05, 3.63) is 30.3 Å². The summed E-state index contributed by atoms with van der Waals surface area (Å²) in [5, 5.41) is 9.26. The van der Waals surface area contributed by atoms with E-state index in [2.05, 4.69) is 25.3 Å². The third-order valence-electron chi connectivity index (χ3n) is 10.6. The molecule has 350 valence electrons. The van der Waals surface area contributed by atoms with Gasteiger partial charge in [-0.2, -0.15) is 0 Å². The smallest absolute Gasteiger partial charge is 0.305 e. The van der Waals surface area contributed by atoms with E-state index >= 15 is 0 Å². The molecule has 1 aromatic rings. The van der Waals surface area contributed by atoms with E-state index in [4.69, 9.17) is 33.2 Å². The van der Waals surface area contributed by atoms with Crippen molar-refractivity contribution < 1.29 is 48.1 Å². The number of carbonyl (C=O) groups is 1. The quantitative estimate of drug-likeness (QED) is 0.0294. The van der Waals surface area contributed by atoms with Gasteiger partial charge < -0.3 is 33.2 Å². The van der Waals surface area contributed by atoms with Crippen molar-refractivity contribution in [2.75, 3.05) is 72.7 Å². The minimum Gasteiger partial charge on any atom is -0.493 e. The molecule has 10 heteroatoms. The number of esters is 1. The van der Waals surface area contributed by atoms with Crippen molar-refractivity contribution in [1.29, 1.82) is 0 Å². The zero-order chi connectivity index (χ0) is 43.2. The van der Waals surface area contributed by atoms with E-state index in [0.717, 1.165) is 107 Å². The average molecular weight is 851 g/mol. The largest absolute Gasteiger partial charge is 0.493 e. The fraction of sp³-hybridized carbons (Fsp3) is 0.820. The first-order valence-corrected chi connectivity index (χ1v) is 24.4. The molecule has 1 atom stereocenters. The SMILES string of the molecule is C=Cc1cc(OCCCCCCCCCCC(=O)OCCOCCOCCCCCC)cc(OCCCCCCCCCCC(CCOCCOCCCCCC)OO)c1. The summed E-state index contributed by atoms with van der Waals surface area (Å²) in [6.07, 6.45) is 31.7. The van der Waals surface area contributed by atoms with Gasteiger partial charge in [0, 0.05) is 38.7 Å². The van der Waals surface area contributed by atoms with Crippen LogP contribution in [0.1, 0.15) is 193 Å². The maximum absolute atomic E-state index is 12.0. The number of ether oxygens (including phenoxy) is 7.